The number of thiazole rings is 1. The Labute approximate surface area is 262 Å². The molecule has 44 heavy (non-hydrogen) atoms. The van der Waals surface area contributed by atoms with E-state index in [1.54, 1.807) is 11.3 Å². The second kappa shape index (κ2) is 9.47. The molecule has 0 spiro atoms. The minimum atomic E-state index is -0.0392. The maximum atomic E-state index is 6.59. The zero-order valence-corrected chi connectivity index (χ0v) is 26.9. The number of fused-ring (bicyclic) bond motifs is 5. The number of para-hydroxylation sites is 1. The van der Waals surface area contributed by atoms with Crippen LogP contribution >= 0.6 is 11.3 Å². The summed E-state index contributed by atoms with van der Waals surface area (Å²) in [4.78, 5) is 11.0. The van der Waals surface area contributed by atoms with Crippen LogP contribution in [-0.2, 0) is 10.8 Å². The number of hydrogen-bond donors (Lipinski definition) is 0. The molecule has 0 fully saturated rings. The van der Waals surface area contributed by atoms with Crippen molar-refractivity contribution in [1.82, 2.24) is 14.5 Å². The summed E-state index contributed by atoms with van der Waals surface area (Å²) in [6.07, 6.45) is 2.02. The van der Waals surface area contributed by atoms with E-state index in [1.807, 2.05) is 12.3 Å². The summed E-state index contributed by atoms with van der Waals surface area (Å²) in [6, 6.07) is 32.3. The normalized spacial score (nSPS) is 15.9. The lowest BCUT2D eigenvalue weighted by atomic mass is 9.84. The smallest absolute Gasteiger partial charge is 0.194 e. The maximum absolute atomic E-state index is 6.59. The number of aromatic nitrogens is 2. The van der Waals surface area contributed by atoms with Crippen LogP contribution in [0.3, 0.4) is 0 Å². The minimum absolute atomic E-state index is 0.0392. The molecule has 4 aromatic carbocycles. The molecular weight excluding hydrogens is 561 g/mol. The second-order valence-corrected chi connectivity index (χ2v) is 14.5. The van der Waals surface area contributed by atoms with Crippen molar-refractivity contribution in [2.75, 3.05) is 18.6 Å². The monoisotopic (exact) mass is 596 g/mol. The Morgan fingerprint density at radius 1 is 0.818 bits per heavy atom. The van der Waals surface area contributed by atoms with E-state index in [-0.39, 0.29) is 10.8 Å². The van der Waals surface area contributed by atoms with E-state index in [2.05, 4.69) is 141 Å². The van der Waals surface area contributed by atoms with E-state index < -0.39 is 0 Å². The molecule has 0 saturated carbocycles. The van der Waals surface area contributed by atoms with Gasteiger partial charge in [-0.25, -0.2) is 4.98 Å². The van der Waals surface area contributed by atoms with Crippen molar-refractivity contribution in [1.29, 1.82) is 0 Å². The van der Waals surface area contributed by atoms with Crippen molar-refractivity contribution in [3.05, 3.63) is 119 Å². The largest absolute Gasteiger partial charge is 0.457 e. The first kappa shape index (κ1) is 27.0. The first-order valence-corrected chi connectivity index (χ1v) is 16.0. The van der Waals surface area contributed by atoms with E-state index in [0.717, 1.165) is 40.0 Å². The Morgan fingerprint density at radius 3 is 2.39 bits per heavy atom. The van der Waals surface area contributed by atoms with E-state index in [0.29, 0.717) is 0 Å². The summed E-state index contributed by atoms with van der Waals surface area (Å²) < 4.78 is 8.87. The standard InChI is InChI=1S/C38H36N4OS/c1-37(2,3)33-22-39-36(44-33)42-31-17-10-8-14-27(31)28-19-18-26(21-32(28)42)43-25-13-11-12-24(20-25)41-23-40(6)35-34(41)29-15-7-9-16-30(29)38(35,4)5/h7-22H,23H2,1-6H3. The van der Waals surface area contributed by atoms with Gasteiger partial charge in [0.15, 0.2) is 5.13 Å². The average molecular weight is 597 g/mol. The van der Waals surface area contributed by atoms with Crippen molar-refractivity contribution in [3.63, 3.8) is 0 Å². The first-order chi connectivity index (χ1) is 21.1. The summed E-state index contributed by atoms with van der Waals surface area (Å²) in [5.41, 5.74) is 8.75. The van der Waals surface area contributed by atoms with Crippen LogP contribution in [0.1, 0.15) is 50.6 Å². The number of rotatable bonds is 4. The molecule has 0 bridgehead atoms. The quantitative estimate of drug-likeness (QED) is 0.203. The van der Waals surface area contributed by atoms with Crippen molar-refractivity contribution in [2.24, 2.45) is 0 Å². The van der Waals surface area contributed by atoms with Crippen molar-refractivity contribution in [2.45, 2.75) is 45.4 Å². The van der Waals surface area contributed by atoms with Crippen LogP contribution in [0.4, 0.5) is 5.69 Å². The summed E-state index contributed by atoms with van der Waals surface area (Å²) >= 11 is 1.75. The average Bonchev–Trinajstić information content (AvgIpc) is 3.75. The molecule has 2 aliphatic rings. The molecule has 0 atom stereocenters. The van der Waals surface area contributed by atoms with Crippen LogP contribution < -0.4 is 9.64 Å². The highest BCUT2D eigenvalue weighted by Gasteiger charge is 2.45. The molecule has 0 unspecified atom stereocenters. The highest BCUT2D eigenvalue weighted by Crippen LogP contribution is 2.52. The fourth-order valence-electron chi connectivity index (χ4n) is 7.07. The number of anilines is 1. The number of likely N-dealkylation sites (N-methyl/N-ethyl adjacent to an activating group) is 1. The molecule has 3 heterocycles. The highest BCUT2D eigenvalue weighted by molar-refractivity contribution is 7.14. The molecule has 0 amide bonds. The van der Waals surface area contributed by atoms with E-state index >= 15 is 0 Å². The Kier molecular flexibility index (Phi) is 5.82. The van der Waals surface area contributed by atoms with Crippen molar-refractivity contribution < 1.29 is 4.74 Å². The minimum Gasteiger partial charge on any atom is -0.457 e. The zero-order chi connectivity index (χ0) is 30.4. The fraction of sp³-hybridized carbons (Fsp3) is 0.237. The molecule has 5 nitrogen and oxygen atoms in total. The molecule has 0 saturated heterocycles. The van der Waals surface area contributed by atoms with Gasteiger partial charge >= 0.3 is 0 Å². The Hall–Kier alpha value is -4.55. The molecule has 0 N–H and O–H groups in total. The summed E-state index contributed by atoms with van der Waals surface area (Å²) in [5, 5.41) is 3.38. The number of benzene rings is 4. The number of allylic oxidation sites excluding steroid dienone is 1. The SMILES string of the molecule is CN1CN(c2cccc(Oc3ccc4c5ccccc5n(-c5ncc(C(C)(C)C)s5)c4c3)c2)C2=C1C(C)(C)c1ccccc12. The van der Waals surface area contributed by atoms with Crippen LogP contribution in [0.15, 0.2) is 103 Å². The third-order valence-corrected chi connectivity index (χ3v) is 10.5. The Balaban J connectivity index is 1.18. The Morgan fingerprint density at radius 2 is 1.57 bits per heavy atom. The van der Waals surface area contributed by atoms with Crippen molar-refractivity contribution >= 4 is 44.5 Å². The van der Waals surface area contributed by atoms with Gasteiger partial charge in [-0.05, 0) is 41.3 Å². The molecule has 6 aromatic rings. The summed E-state index contributed by atoms with van der Waals surface area (Å²) in [6.45, 7) is 12.2. The zero-order valence-electron chi connectivity index (χ0n) is 26.1. The number of ether oxygens (including phenoxy) is 1. The molecular formula is C38H36N4OS. The molecule has 8 rings (SSSR count). The van der Waals surface area contributed by atoms with Crippen molar-refractivity contribution in [3.8, 4) is 16.6 Å². The number of nitrogens with zero attached hydrogens (tertiary/aromatic N) is 4. The number of hydrogen-bond acceptors (Lipinski definition) is 5. The van der Waals surface area contributed by atoms with Crippen LogP contribution in [-0.4, -0.2) is 28.2 Å². The van der Waals surface area contributed by atoms with Gasteiger partial charge in [-0.1, -0.05) is 83.1 Å². The van der Waals surface area contributed by atoms with Crippen LogP contribution in [0.5, 0.6) is 11.5 Å². The lowest BCUT2D eigenvalue weighted by Gasteiger charge is -2.30. The van der Waals surface area contributed by atoms with Crippen LogP contribution in [0, 0.1) is 0 Å². The molecule has 1 aliphatic carbocycles. The molecule has 220 valence electrons. The first-order valence-electron chi connectivity index (χ1n) is 15.2. The fourth-order valence-corrected chi connectivity index (χ4v) is 8.07. The van der Waals surface area contributed by atoms with E-state index in [1.165, 1.54) is 38.2 Å². The highest BCUT2D eigenvalue weighted by atomic mass is 32.1. The van der Waals surface area contributed by atoms with Gasteiger partial charge in [-0.15, -0.1) is 11.3 Å². The van der Waals surface area contributed by atoms with Gasteiger partial charge in [0, 0.05) is 63.4 Å². The Bertz CT molecular complexity index is 2130. The predicted octanol–water partition coefficient (Wildman–Crippen LogP) is 9.70. The molecule has 6 heteroatoms. The lowest BCUT2D eigenvalue weighted by Crippen LogP contribution is -2.31. The molecule has 2 aromatic heterocycles. The van der Waals surface area contributed by atoms with E-state index in [4.69, 9.17) is 9.72 Å². The molecule has 0 radical (unpaired) electrons. The van der Waals surface area contributed by atoms with Crippen LogP contribution in [0.2, 0.25) is 0 Å². The van der Waals surface area contributed by atoms with Gasteiger partial charge in [0.05, 0.1) is 23.4 Å². The van der Waals surface area contributed by atoms with Gasteiger partial charge in [-0.2, -0.15) is 0 Å². The topological polar surface area (TPSA) is 33.5 Å². The van der Waals surface area contributed by atoms with Gasteiger partial charge in [0.25, 0.3) is 0 Å². The van der Waals surface area contributed by atoms with Gasteiger partial charge < -0.3 is 14.5 Å². The molecule has 1 aliphatic heterocycles. The van der Waals surface area contributed by atoms with Gasteiger partial charge in [0.1, 0.15) is 11.5 Å². The van der Waals surface area contributed by atoms with E-state index in [9.17, 15) is 0 Å². The third kappa shape index (κ3) is 4.01. The van der Waals surface area contributed by atoms with Gasteiger partial charge in [-0.3, -0.25) is 4.57 Å². The third-order valence-electron chi connectivity index (χ3n) is 9.11. The predicted molar refractivity (Wildman–Crippen MR) is 183 cm³/mol. The second-order valence-electron chi connectivity index (χ2n) is 13.5. The van der Waals surface area contributed by atoms with Crippen LogP contribution in [0.25, 0.3) is 32.6 Å². The summed E-state index contributed by atoms with van der Waals surface area (Å²) in [7, 11) is 2.20. The lowest BCUT2D eigenvalue weighted by molar-refractivity contribution is 0.385. The summed E-state index contributed by atoms with van der Waals surface area (Å²) in [5.74, 6) is 1.62. The maximum Gasteiger partial charge on any atom is 0.194 e. The van der Waals surface area contributed by atoms with Gasteiger partial charge in [0.2, 0.25) is 0 Å².